The van der Waals surface area contributed by atoms with Crippen LogP contribution in [-0.4, -0.2) is 37.8 Å². The van der Waals surface area contributed by atoms with E-state index in [0.29, 0.717) is 5.56 Å². The Balaban J connectivity index is 1.91. The molecule has 1 aliphatic rings. The zero-order chi connectivity index (χ0) is 23.5. The molecule has 0 aliphatic carbocycles. The second-order valence-corrected chi connectivity index (χ2v) is 7.77. The molecule has 0 aromatic heterocycles. The number of carbonyl (C=O) groups excluding carboxylic acids is 3. The van der Waals surface area contributed by atoms with E-state index in [4.69, 9.17) is 8.92 Å². The van der Waals surface area contributed by atoms with Crippen molar-refractivity contribution in [1.82, 2.24) is 10.6 Å². The van der Waals surface area contributed by atoms with Crippen molar-refractivity contribution in [2.45, 2.75) is 11.8 Å². The minimum absolute atomic E-state index is 0.0000360. The summed E-state index contributed by atoms with van der Waals surface area (Å²) in [6.45, 7) is 1.79. The summed E-state index contributed by atoms with van der Waals surface area (Å²) in [6.07, 6.45) is 1.19. The van der Waals surface area contributed by atoms with Gasteiger partial charge in [0.2, 0.25) is 0 Å². The van der Waals surface area contributed by atoms with Crippen molar-refractivity contribution >= 4 is 39.7 Å². The molecule has 2 N–H and O–H groups in total. The molecule has 1 saturated heterocycles. The van der Waals surface area contributed by atoms with Gasteiger partial charge in [-0.2, -0.15) is 8.42 Å². The predicted molar refractivity (Wildman–Crippen MR) is 108 cm³/mol. The molecule has 1 aliphatic heterocycles. The smallest absolute Gasteiger partial charge is 0.339 e. The maximum atomic E-state index is 12.6. The van der Waals surface area contributed by atoms with E-state index in [2.05, 4.69) is 0 Å². The summed E-state index contributed by atoms with van der Waals surface area (Å²) in [7, 11) is -4.34. The Morgan fingerprint density at radius 1 is 1.00 bits per heavy atom. The van der Waals surface area contributed by atoms with E-state index in [1.807, 2.05) is 10.6 Å². The molecule has 1 heterocycles. The van der Waals surface area contributed by atoms with Crippen LogP contribution in [0.25, 0.3) is 6.08 Å². The first-order valence-electron chi connectivity index (χ1n) is 8.95. The molecule has 1 fully saturated rings. The third-order valence-corrected chi connectivity index (χ3v) is 5.31. The molecule has 32 heavy (non-hydrogen) atoms. The number of nitrogens with zero attached hydrogens (tertiary/aromatic N) is 1. The number of urea groups is 1. The molecular weight excluding hydrogens is 446 g/mol. The van der Waals surface area contributed by atoms with E-state index in [1.165, 1.54) is 24.3 Å². The number of nitro groups is 1. The van der Waals surface area contributed by atoms with E-state index in [-0.39, 0.29) is 34.3 Å². The first-order chi connectivity index (χ1) is 15.1. The highest BCUT2D eigenvalue weighted by molar-refractivity contribution is 7.87. The Morgan fingerprint density at radius 2 is 1.62 bits per heavy atom. The van der Waals surface area contributed by atoms with Crippen molar-refractivity contribution in [3.05, 3.63) is 63.7 Å². The average Bonchev–Trinajstić information content (AvgIpc) is 2.72. The highest BCUT2D eigenvalue weighted by atomic mass is 32.2. The molecule has 2 aromatic rings. The monoisotopic (exact) mass is 461 g/mol. The largest absolute Gasteiger partial charge is 0.490 e. The van der Waals surface area contributed by atoms with Crippen molar-refractivity contribution in [1.29, 1.82) is 0 Å². The number of hydrogen-bond acceptors (Lipinski definition) is 9. The highest BCUT2D eigenvalue weighted by Crippen LogP contribution is 2.32. The van der Waals surface area contributed by atoms with E-state index in [9.17, 15) is 32.9 Å². The van der Waals surface area contributed by atoms with Gasteiger partial charge in [-0.3, -0.25) is 30.3 Å². The Bertz CT molecular complexity index is 1230. The fraction of sp³-hybridized carbons (Fsp3) is 0.105. The van der Waals surface area contributed by atoms with E-state index in [0.717, 1.165) is 24.3 Å². The molecule has 12 nitrogen and oxygen atoms in total. The summed E-state index contributed by atoms with van der Waals surface area (Å²) in [5.74, 6) is -1.96. The number of benzene rings is 2. The molecule has 4 amide bonds. The second-order valence-electron chi connectivity index (χ2n) is 6.22. The minimum Gasteiger partial charge on any atom is -0.490 e. The summed E-state index contributed by atoms with van der Waals surface area (Å²) >= 11 is 0. The van der Waals surface area contributed by atoms with Crippen molar-refractivity contribution in [3.8, 4) is 11.5 Å². The maximum Gasteiger partial charge on any atom is 0.339 e. The zero-order valence-corrected chi connectivity index (χ0v) is 17.2. The second kappa shape index (κ2) is 8.85. The lowest BCUT2D eigenvalue weighted by Crippen LogP contribution is -2.51. The quantitative estimate of drug-likeness (QED) is 0.204. The number of barbiturate groups is 1. The lowest BCUT2D eigenvalue weighted by Gasteiger charge is -2.15. The van der Waals surface area contributed by atoms with Crippen molar-refractivity contribution < 1.29 is 36.6 Å². The Morgan fingerprint density at radius 3 is 2.19 bits per heavy atom. The first-order valence-corrected chi connectivity index (χ1v) is 10.4. The van der Waals surface area contributed by atoms with Gasteiger partial charge in [0.15, 0.2) is 11.5 Å². The SMILES string of the molecule is CCOc1cc(C=C2C(=O)NC(=O)NC2=O)ccc1OS(=O)(=O)c1ccc([N+](=O)[O-])cc1. The van der Waals surface area contributed by atoms with Gasteiger partial charge in [0.05, 0.1) is 11.5 Å². The van der Waals surface area contributed by atoms with Gasteiger partial charge in [0.25, 0.3) is 17.5 Å². The molecule has 2 aromatic carbocycles. The van der Waals surface area contributed by atoms with Gasteiger partial charge in [-0.15, -0.1) is 0 Å². The number of imide groups is 2. The number of non-ortho nitro benzene ring substituents is 1. The molecule has 13 heteroatoms. The fourth-order valence-electron chi connectivity index (χ4n) is 2.63. The molecule has 0 saturated carbocycles. The van der Waals surface area contributed by atoms with Gasteiger partial charge in [0.1, 0.15) is 10.5 Å². The Labute approximate surface area is 181 Å². The number of rotatable bonds is 7. The Kier molecular flexibility index (Phi) is 6.20. The standard InChI is InChI=1S/C19H15N3O9S/c1-2-30-16-10-11(9-14-17(23)20-19(25)21-18(14)24)3-8-15(16)31-32(28,29)13-6-4-12(5-7-13)22(26)27/h3-10H,2H2,1H3,(H2,20,21,23,24,25). The number of nitrogens with one attached hydrogen (secondary N) is 2. The van der Waals surface area contributed by atoms with Crippen LogP contribution in [0.4, 0.5) is 10.5 Å². The lowest BCUT2D eigenvalue weighted by molar-refractivity contribution is -0.384. The third-order valence-electron chi connectivity index (χ3n) is 4.06. The fourth-order valence-corrected chi connectivity index (χ4v) is 3.57. The van der Waals surface area contributed by atoms with Crippen LogP contribution in [0.15, 0.2) is 52.9 Å². The summed E-state index contributed by atoms with van der Waals surface area (Å²) in [6, 6.07) is 7.15. The normalized spacial score (nSPS) is 13.8. The average molecular weight is 461 g/mol. The predicted octanol–water partition coefficient (Wildman–Crippen LogP) is 1.51. The molecule has 0 bridgehead atoms. The van der Waals surface area contributed by atoms with Crippen molar-refractivity contribution in [2.24, 2.45) is 0 Å². The lowest BCUT2D eigenvalue weighted by atomic mass is 10.1. The molecule has 0 spiro atoms. The number of hydrogen-bond donors (Lipinski definition) is 2. The topological polar surface area (TPSA) is 171 Å². The third kappa shape index (κ3) is 4.89. The van der Waals surface area contributed by atoms with E-state index >= 15 is 0 Å². The summed E-state index contributed by atoms with van der Waals surface area (Å²) in [5, 5.41) is 14.6. The first kappa shape index (κ1) is 22.4. The maximum absolute atomic E-state index is 12.6. The van der Waals surface area contributed by atoms with Gasteiger partial charge < -0.3 is 8.92 Å². The minimum atomic E-state index is -4.34. The van der Waals surface area contributed by atoms with Crippen LogP contribution in [0.3, 0.4) is 0 Å². The molecule has 0 radical (unpaired) electrons. The van der Waals surface area contributed by atoms with Crippen LogP contribution >= 0.6 is 0 Å². The van der Waals surface area contributed by atoms with Gasteiger partial charge in [0, 0.05) is 12.1 Å². The van der Waals surface area contributed by atoms with Gasteiger partial charge in [-0.05, 0) is 42.8 Å². The molecule has 166 valence electrons. The van der Waals surface area contributed by atoms with Gasteiger partial charge in [-0.1, -0.05) is 6.07 Å². The van der Waals surface area contributed by atoms with Gasteiger partial charge in [-0.25, -0.2) is 4.79 Å². The van der Waals surface area contributed by atoms with Crippen LogP contribution < -0.4 is 19.6 Å². The molecule has 0 atom stereocenters. The van der Waals surface area contributed by atoms with Crippen molar-refractivity contribution in [2.75, 3.05) is 6.61 Å². The number of nitro benzene ring substituents is 1. The van der Waals surface area contributed by atoms with Gasteiger partial charge >= 0.3 is 16.1 Å². The van der Waals surface area contributed by atoms with E-state index < -0.39 is 32.9 Å². The van der Waals surface area contributed by atoms with Crippen LogP contribution in [0, 0.1) is 10.1 Å². The number of carbonyl (C=O) groups is 3. The molecule has 3 rings (SSSR count). The van der Waals surface area contributed by atoms with Crippen LogP contribution in [0.1, 0.15) is 12.5 Å². The summed E-state index contributed by atoms with van der Waals surface area (Å²) in [5.41, 5.74) is -0.323. The summed E-state index contributed by atoms with van der Waals surface area (Å²) in [4.78, 5) is 44.7. The highest BCUT2D eigenvalue weighted by Gasteiger charge is 2.28. The van der Waals surface area contributed by atoms with Crippen LogP contribution in [0.5, 0.6) is 11.5 Å². The zero-order valence-electron chi connectivity index (χ0n) is 16.4. The van der Waals surface area contributed by atoms with Crippen LogP contribution in [0.2, 0.25) is 0 Å². The number of amides is 4. The molecule has 0 unspecified atom stereocenters. The van der Waals surface area contributed by atoms with E-state index in [1.54, 1.807) is 6.92 Å². The number of ether oxygens (including phenoxy) is 1. The van der Waals surface area contributed by atoms with Crippen molar-refractivity contribution in [3.63, 3.8) is 0 Å². The summed E-state index contributed by atoms with van der Waals surface area (Å²) < 4.78 is 35.7. The Hall–Kier alpha value is -4.26. The van der Waals surface area contributed by atoms with Crippen LogP contribution in [-0.2, 0) is 19.7 Å². The molecular formula is C19H15N3O9S.